The molecule has 2 aliphatic rings. The summed E-state index contributed by atoms with van der Waals surface area (Å²) in [5.74, 6) is 0.145. The number of nitrogens with two attached hydrogens (primary N) is 1. The molecule has 2 rings (SSSR count). The minimum Gasteiger partial charge on any atom is -0.379 e. The van der Waals surface area contributed by atoms with E-state index in [1.54, 1.807) is 11.9 Å². The highest BCUT2D eigenvalue weighted by molar-refractivity contribution is 7.91. The molecule has 98 valence electrons. The van der Waals surface area contributed by atoms with E-state index in [4.69, 9.17) is 10.5 Å². The van der Waals surface area contributed by atoms with Crippen molar-refractivity contribution in [2.75, 3.05) is 38.3 Å². The molecule has 2 fully saturated rings. The first-order chi connectivity index (χ1) is 7.90. The van der Waals surface area contributed by atoms with Gasteiger partial charge in [-0.25, -0.2) is 8.42 Å². The molecule has 1 unspecified atom stereocenters. The third kappa shape index (κ3) is 2.19. The Morgan fingerprint density at radius 1 is 1.53 bits per heavy atom. The van der Waals surface area contributed by atoms with Gasteiger partial charge in [0.15, 0.2) is 9.84 Å². The fraction of sp³-hybridized carbons (Fsp3) is 0.900. The zero-order valence-corrected chi connectivity index (χ0v) is 10.7. The molecule has 2 heterocycles. The highest BCUT2D eigenvalue weighted by atomic mass is 32.2. The van der Waals surface area contributed by atoms with E-state index in [9.17, 15) is 13.2 Å². The molecule has 0 radical (unpaired) electrons. The SMILES string of the molecule is CN(C(=O)C1(CN)COC1)C1CCS(=O)(=O)C1. The van der Waals surface area contributed by atoms with Crippen molar-refractivity contribution in [3.8, 4) is 0 Å². The molecule has 0 aromatic heterocycles. The lowest BCUT2D eigenvalue weighted by atomic mass is 9.84. The van der Waals surface area contributed by atoms with Crippen molar-refractivity contribution >= 4 is 15.7 Å². The summed E-state index contributed by atoms with van der Waals surface area (Å²) in [4.78, 5) is 13.8. The largest absolute Gasteiger partial charge is 0.379 e. The van der Waals surface area contributed by atoms with E-state index in [1.807, 2.05) is 0 Å². The van der Waals surface area contributed by atoms with Gasteiger partial charge < -0.3 is 15.4 Å². The van der Waals surface area contributed by atoms with Crippen LogP contribution in [0.1, 0.15) is 6.42 Å². The maximum absolute atomic E-state index is 12.2. The second-order valence-corrected chi connectivity index (χ2v) is 7.18. The quantitative estimate of drug-likeness (QED) is 0.676. The molecular formula is C10H18N2O4S. The smallest absolute Gasteiger partial charge is 0.234 e. The van der Waals surface area contributed by atoms with E-state index in [0.717, 1.165) is 0 Å². The monoisotopic (exact) mass is 262 g/mol. The van der Waals surface area contributed by atoms with Crippen LogP contribution in [-0.2, 0) is 19.4 Å². The lowest BCUT2D eigenvalue weighted by molar-refractivity contribution is -0.170. The highest BCUT2D eigenvalue weighted by Crippen LogP contribution is 2.30. The van der Waals surface area contributed by atoms with Crippen LogP contribution in [0, 0.1) is 5.41 Å². The van der Waals surface area contributed by atoms with Gasteiger partial charge in [0.2, 0.25) is 5.91 Å². The summed E-state index contributed by atoms with van der Waals surface area (Å²) in [6.07, 6.45) is 0.520. The topological polar surface area (TPSA) is 89.7 Å². The predicted octanol–water partition coefficient (Wildman–Crippen LogP) is -1.39. The molecule has 0 spiro atoms. The van der Waals surface area contributed by atoms with Crippen LogP contribution in [0.3, 0.4) is 0 Å². The van der Waals surface area contributed by atoms with Gasteiger partial charge in [0, 0.05) is 19.6 Å². The van der Waals surface area contributed by atoms with E-state index in [-0.39, 0.29) is 30.0 Å². The number of rotatable bonds is 3. The molecule has 1 atom stereocenters. The van der Waals surface area contributed by atoms with Crippen LogP contribution in [0.15, 0.2) is 0 Å². The van der Waals surface area contributed by atoms with Crippen LogP contribution < -0.4 is 5.73 Å². The van der Waals surface area contributed by atoms with Gasteiger partial charge in [0.05, 0.1) is 24.7 Å². The molecular weight excluding hydrogens is 244 g/mol. The number of nitrogens with zero attached hydrogens (tertiary/aromatic N) is 1. The minimum atomic E-state index is -2.97. The Morgan fingerprint density at radius 3 is 2.53 bits per heavy atom. The van der Waals surface area contributed by atoms with Gasteiger partial charge in [0.1, 0.15) is 5.41 Å². The number of carbonyl (C=O) groups excluding carboxylic acids is 1. The van der Waals surface area contributed by atoms with Gasteiger partial charge in [-0.15, -0.1) is 0 Å². The third-order valence-electron chi connectivity index (χ3n) is 3.68. The number of amides is 1. The van der Waals surface area contributed by atoms with Crippen LogP contribution in [0.4, 0.5) is 0 Å². The summed E-state index contributed by atoms with van der Waals surface area (Å²) in [6.45, 7) is 0.925. The van der Waals surface area contributed by atoms with Crippen molar-refractivity contribution in [3.05, 3.63) is 0 Å². The van der Waals surface area contributed by atoms with Gasteiger partial charge >= 0.3 is 0 Å². The van der Waals surface area contributed by atoms with Crippen LogP contribution in [0.2, 0.25) is 0 Å². The zero-order chi connectivity index (χ0) is 12.7. The standard InChI is InChI=1S/C10H18N2O4S/c1-12(8-2-3-17(14,15)4-8)9(13)10(5-11)6-16-7-10/h8H,2-7,11H2,1H3. The Labute approximate surface area is 101 Å². The summed E-state index contributed by atoms with van der Waals surface area (Å²) in [5, 5.41) is 0. The lowest BCUT2D eigenvalue weighted by Gasteiger charge is -2.42. The summed E-state index contributed by atoms with van der Waals surface area (Å²) in [7, 11) is -1.31. The molecule has 2 N–H and O–H groups in total. The predicted molar refractivity (Wildman–Crippen MR) is 62.1 cm³/mol. The van der Waals surface area contributed by atoms with Crippen LogP contribution in [0.25, 0.3) is 0 Å². The van der Waals surface area contributed by atoms with Crippen molar-refractivity contribution in [3.63, 3.8) is 0 Å². The van der Waals surface area contributed by atoms with E-state index < -0.39 is 15.3 Å². The Hall–Kier alpha value is -0.660. The first kappa shape index (κ1) is 12.8. The van der Waals surface area contributed by atoms with E-state index in [2.05, 4.69) is 0 Å². The van der Waals surface area contributed by atoms with Gasteiger partial charge in [-0.1, -0.05) is 0 Å². The summed E-state index contributed by atoms with van der Waals surface area (Å²) in [6, 6.07) is -0.212. The Kier molecular flexibility index (Phi) is 3.17. The second-order valence-electron chi connectivity index (χ2n) is 4.95. The molecule has 0 bridgehead atoms. The fourth-order valence-electron chi connectivity index (χ4n) is 2.30. The summed E-state index contributed by atoms with van der Waals surface area (Å²) >= 11 is 0. The Morgan fingerprint density at radius 2 is 2.18 bits per heavy atom. The normalized spacial score (nSPS) is 29.6. The Bertz CT molecular complexity index is 411. The molecule has 2 aliphatic heterocycles. The highest BCUT2D eigenvalue weighted by Gasteiger charge is 2.48. The molecule has 0 aromatic rings. The molecule has 0 aliphatic carbocycles. The molecule has 7 heteroatoms. The van der Waals surface area contributed by atoms with E-state index in [1.165, 1.54) is 0 Å². The average molecular weight is 262 g/mol. The fourth-order valence-corrected chi connectivity index (χ4v) is 4.07. The van der Waals surface area contributed by atoms with Gasteiger partial charge in [0.25, 0.3) is 0 Å². The molecule has 6 nitrogen and oxygen atoms in total. The number of sulfone groups is 1. The maximum Gasteiger partial charge on any atom is 0.234 e. The van der Waals surface area contributed by atoms with Crippen molar-refractivity contribution in [2.24, 2.45) is 11.1 Å². The number of ether oxygens (including phenoxy) is 1. The molecule has 17 heavy (non-hydrogen) atoms. The Balaban J connectivity index is 2.05. The van der Waals surface area contributed by atoms with Gasteiger partial charge in [-0.3, -0.25) is 4.79 Å². The third-order valence-corrected chi connectivity index (χ3v) is 5.43. The van der Waals surface area contributed by atoms with Crippen LogP contribution in [0.5, 0.6) is 0 Å². The summed E-state index contributed by atoms with van der Waals surface area (Å²) in [5.41, 5.74) is 4.99. The minimum absolute atomic E-state index is 0.0662. The number of hydrogen-bond donors (Lipinski definition) is 1. The van der Waals surface area contributed by atoms with Crippen LogP contribution in [-0.4, -0.2) is 63.6 Å². The molecule has 0 aromatic carbocycles. The molecule has 1 amide bonds. The van der Waals surface area contributed by atoms with Gasteiger partial charge in [-0.05, 0) is 6.42 Å². The van der Waals surface area contributed by atoms with Crippen molar-refractivity contribution in [1.82, 2.24) is 4.90 Å². The van der Waals surface area contributed by atoms with Crippen molar-refractivity contribution in [1.29, 1.82) is 0 Å². The van der Waals surface area contributed by atoms with Crippen LogP contribution >= 0.6 is 0 Å². The zero-order valence-electron chi connectivity index (χ0n) is 9.89. The van der Waals surface area contributed by atoms with E-state index in [0.29, 0.717) is 19.6 Å². The van der Waals surface area contributed by atoms with E-state index >= 15 is 0 Å². The number of hydrogen-bond acceptors (Lipinski definition) is 5. The lowest BCUT2D eigenvalue weighted by Crippen LogP contribution is -2.60. The first-order valence-electron chi connectivity index (χ1n) is 5.66. The van der Waals surface area contributed by atoms with Gasteiger partial charge in [-0.2, -0.15) is 0 Å². The maximum atomic E-state index is 12.2. The first-order valence-corrected chi connectivity index (χ1v) is 7.48. The molecule has 2 saturated heterocycles. The van der Waals surface area contributed by atoms with Crippen molar-refractivity contribution < 1.29 is 17.9 Å². The average Bonchev–Trinajstić information content (AvgIpc) is 2.57. The molecule has 0 saturated carbocycles. The summed E-state index contributed by atoms with van der Waals surface area (Å²) < 4.78 is 27.8. The second kappa shape index (κ2) is 4.22. The van der Waals surface area contributed by atoms with Crippen molar-refractivity contribution in [2.45, 2.75) is 12.5 Å². The number of carbonyl (C=O) groups is 1.